The van der Waals surface area contributed by atoms with Crippen LogP contribution in [0.15, 0.2) is 119 Å². The summed E-state index contributed by atoms with van der Waals surface area (Å²) >= 11 is 3.74. The molecule has 0 fully saturated rings. The predicted molar refractivity (Wildman–Crippen MR) is 140 cm³/mol. The van der Waals surface area contributed by atoms with E-state index in [1.165, 1.54) is 50.5 Å². The molecule has 0 saturated carbocycles. The van der Waals surface area contributed by atoms with E-state index in [1.807, 2.05) is 0 Å². The summed E-state index contributed by atoms with van der Waals surface area (Å²) in [4.78, 5) is 2.44. The van der Waals surface area contributed by atoms with E-state index in [0.717, 1.165) is 17.3 Å². The number of fused-ring (bicyclic) bond motifs is 8. The molecular formula is C31H22BrN. The minimum atomic E-state index is -0.269. The van der Waals surface area contributed by atoms with Crippen LogP contribution in [0, 0.1) is 0 Å². The van der Waals surface area contributed by atoms with Crippen molar-refractivity contribution in [2.24, 2.45) is 0 Å². The zero-order valence-corrected chi connectivity index (χ0v) is 19.7. The molecular weight excluding hydrogens is 466 g/mol. The van der Waals surface area contributed by atoms with Gasteiger partial charge in [0.15, 0.2) is 0 Å². The van der Waals surface area contributed by atoms with Crippen molar-refractivity contribution < 1.29 is 0 Å². The van der Waals surface area contributed by atoms with E-state index in [2.05, 4.69) is 130 Å². The summed E-state index contributed by atoms with van der Waals surface area (Å²) in [7, 11) is 0. The van der Waals surface area contributed by atoms with Gasteiger partial charge in [0.1, 0.15) is 0 Å². The Labute approximate surface area is 202 Å². The highest BCUT2D eigenvalue weighted by Crippen LogP contribution is 2.64. The molecule has 3 aliphatic rings. The van der Waals surface area contributed by atoms with Crippen molar-refractivity contribution in [3.63, 3.8) is 0 Å². The van der Waals surface area contributed by atoms with Crippen molar-refractivity contribution >= 4 is 38.6 Å². The lowest BCUT2D eigenvalue weighted by atomic mass is 9.63. The van der Waals surface area contributed by atoms with E-state index in [4.69, 9.17) is 0 Å². The lowest BCUT2D eigenvalue weighted by Crippen LogP contribution is -2.37. The van der Waals surface area contributed by atoms with E-state index >= 15 is 0 Å². The molecule has 0 amide bonds. The molecule has 1 nitrogen and oxygen atoms in total. The minimum Gasteiger partial charge on any atom is -0.310 e. The molecule has 2 heteroatoms. The Morgan fingerprint density at radius 2 is 1.36 bits per heavy atom. The van der Waals surface area contributed by atoms with Crippen LogP contribution in [0.1, 0.15) is 35.1 Å². The maximum absolute atomic E-state index is 3.74. The third kappa shape index (κ3) is 2.47. The number of benzene rings is 4. The molecule has 0 atom stereocenters. The van der Waals surface area contributed by atoms with Gasteiger partial charge in [-0.25, -0.2) is 0 Å². The first-order valence-electron chi connectivity index (χ1n) is 11.5. The third-order valence-electron chi connectivity index (χ3n) is 7.41. The average Bonchev–Trinajstić information content (AvgIpc) is 3.15. The number of nitrogens with zero attached hydrogens (tertiary/aromatic N) is 1. The van der Waals surface area contributed by atoms with E-state index < -0.39 is 0 Å². The molecule has 4 aromatic carbocycles. The van der Waals surface area contributed by atoms with Crippen molar-refractivity contribution in [1.29, 1.82) is 0 Å². The largest absolute Gasteiger partial charge is 0.310 e. The van der Waals surface area contributed by atoms with Gasteiger partial charge in [-0.2, -0.15) is 0 Å². The molecule has 0 saturated heterocycles. The van der Waals surface area contributed by atoms with Gasteiger partial charge in [-0.3, -0.25) is 0 Å². The first-order chi connectivity index (χ1) is 16.3. The number of para-hydroxylation sites is 3. The van der Waals surface area contributed by atoms with Crippen molar-refractivity contribution in [3.05, 3.63) is 142 Å². The van der Waals surface area contributed by atoms with Crippen molar-refractivity contribution in [2.75, 3.05) is 4.90 Å². The van der Waals surface area contributed by atoms with Crippen LogP contribution in [0.3, 0.4) is 0 Å². The summed E-state index contributed by atoms with van der Waals surface area (Å²) in [5.74, 6) is 0. The van der Waals surface area contributed by atoms with Crippen LogP contribution >= 0.6 is 15.9 Å². The highest BCUT2D eigenvalue weighted by molar-refractivity contribution is 9.10. The Morgan fingerprint density at radius 3 is 2.09 bits per heavy atom. The monoisotopic (exact) mass is 487 g/mol. The second kappa shape index (κ2) is 7.07. The average molecular weight is 488 g/mol. The Bertz CT molecular complexity index is 1430. The number of hydrogen-bond acceptors (Lipinski definition) is 1. The summed E-state index contributed by atoms with van der Waals surface area (Å²) in [5.41, 5.74) is 11.9. The fourth-order valence-electron chi connectivity index (χ4n) is 6.25. The first kappa shape index (κ1) is 19.1. The van der Waals surface area contributed by atoms with Crippen LogP contribution in [0.5, 0.6) is 0 Å². The highest BCUT2D eigenvalue weighted by atomic mass is 79.9. The zero-order valence-electron chi connectivity index (χ0n) is 18.1. The fraction of sp³-hybridized carbons (Fsp3) is 0.0968. The van der Waals surface area contributed by atoms with Crippen LogP contribution in [0.25, 0.3) is 5.57 Å². The molecule has 0 unspecified atom stereocenters. The standard InChI is InChI=1S/C31H22BrN/c32-21-18-19-26-24(20-21)23-12-4-5-13-25(23)31(26)27-14-6-8-16-29(27)33(22-10-2-1-3-11-22)30-17-9-7-15-28(30)31/h1-4,6-12,14-20H,5,13H2. The van der Waals surface area contributed by atoms with E-state index in [1.54, 1.807) is 0 Å². The predicted octanol–water partition coefficient (Wildman–Crippen LogP) is 8.68. The van der Waals surface area contributed by atoms with Crippen LogP contribution in [0.4, 0.5) is 17.1 Å². The van der Waals surface area contributed by atoms with Gasteiger partial charge in [-0.05, 0) is 82.6 Å². The van der Waals surface area contributed by atoms with E-state index in [-0.39, 0.29) is 5.41 Å². The Hall–Kier alpha value is -3.36. The van der Waals surface area contributed by atoms with Gasteiger partial charge in [0.05, 0.1) is 16.8 Å². The van der Waals surface area contributed by atoms with Gasteiger partial charge in [0.25, 0.3) is 0 Å². The molecule has 0 radical (unpaired) electrons. The molecule has 158 valence electrons. The smallest absolute Gasteiger partial charge is 0.0717 e. The van der Waals surface area contributed by atoms with Crippen molar-refractivity contribution in [3.8, 4) is 0 Å². The SMILES string of the molecule is Brc1ccc2c(c1)C1=C(CCC=C1)C21c2ccccc2N(c2ccccc2)c2ccccc21. The number of allylic oxidation sites excluding steroid dienone is 4. The molecule has 7 rings (SSSR count). The molecule has 1 spiro atoms. The number of anilines is 3. The summed E-state index contributed by atoms with van der Waals surface area (Å²) in [6, 6.07) is 35.6. The molecule has 0 aromatic heterocycles. The van der Waals surface area contributed by atoms with Crippen molar-refractivity contribution in [2.45, 2.75) is 18.3 Å². The maximum Gasteiger partial charge on any atom is 0.0717 e. The van der Waals surface area contributed by atoms with Gasteiger partial charge in [0, 0.05) is 10.2 Å². The summed E-state index contributed by atoms with van der Waals surface area (Å²) in [6.45, 7) is 0. The second-order valence-corrected chi connectivity index (χ2v) is 9.89. The van der Waals surface area contributed by atoms with Gasteiger partial charge in [0.2, 0.25) is 0 Å². The van der Waals surface area contributed by atoms with Crippen LogP contribution in [-0.4, -0.2) is 0 Å². The molecule has 1 aliphatic heterocycles. The number of hydrogen-bond donors (Lipinski definition) is 0. The van der Waals surface area contributed by atoms with Gasteiger partial charge in [-0.15, -0.1) is 0 Å². The Morgan fingerprint density at radius 1 is 0.697 bits per heavy atom. The molecule has 2 aliphatic carbocycles. The van der Waals surface area contributed by atoms with Crippen LogP contribution in [-0.2, 0) is 5.41 Å². The van der Waals surface area contributed by atoms with Gasteiger partial charge >= 0.3 is 0 Å². The second-order valence-electron chi connectivity index (χ2n) is 8.98. The molecule has 33 heavy (non-hydrogen) atoms. The van der Waals surface area contributed by atoms with Crippen LogP contribution in [0.2, 0.25) is 0 Å². The normalized spacial score (nSPS) is 16.9. The minimum absolute atomic E-state index is 0.269. The van der Waals surface area contributed by atoms with E-state index in [9.17, 15) is 0 Å². The maximum atomic E-state index is 3.74. The fourth-order valence-corrected chi connectivity index (χ4v) is 6.61. The molecule has 0 N–H and O–H groups in total. The lowest BCUT2D eigenvalue weighted by Gasteiger charge is -2.46. The third-order valence-corrected chi connectivity index (χ3v) is 7.90. The summed E-state index contributed by atoms with van der Waals surface area (Å²) in [6.07, 6.45) is 6.85. The Kier molecular flexibility index (Phi) is 4.10. The van der Waals surface area contributed by atoms with Crippen LogP contribution < -0.4 is 4.90 Å². The quantitative estimate of drug-likeness (QED) is 0.259. The molecule has 1 heterocycles. The zero-order chi connectivity index (χ0) is 22.0. The Balaban J connectivity index is 1.65. The number of halogens is 1. The molecule has 4 aromatic rings. The number of rotatable bonds is 1. The van der Waals surface area contributed by atoms with Gasteiger partial charge in [-0.1, -0.05) is 88.7 Å². The van der Waals surface area contributed by atoms with E-state index in [0.29, 0.717) is 0 Å². The topological polar surface area (TPSA) is 3.24 Å². The van der Waals surface area contributed by atoms with Gasteiger partial charge < -0.3 is 4.90 Å². The highest BCUT2D eigenvalue weighted by Gasteiger charge is 2.52. The lowest BCUT2D eigenvalue weighted by molar-refractivity contribution is 0.687. The summed E-state index contributed by atoms with van der Waals surface area (Å²) < 4.78 is 1.13. The first-order valence-corrected chi connectivity index (χ1v) is 12.3. The summed E-state index contributed by atoms with van der Waals surface area (Å²) in [5, 5.41) is 0. The molecule has 0 bridgehead atoms. The van der Waals surface area contributed by atoms with Crippen molar-refractivity contribution in [1.82, 2.24) is 0 Å².